The predicted octanol–water partition coefficient (Wildman–Crippen LogP) is 3.22. The summed E-state index contributed by atoms with van der Waals surface area (Å²) >= 11 is 7.40. The van der Waals surface area contributed by atoms with Crippen LogP contribution in [0.15, 0.2) is 62.7 Å². The number of furan rings is 1. The normalized spacial score (nSPS) is 14.1. The molecule has 0 spiro atoms. The molecule has 0 saturated heterocycles. The van der Waals surface area contributed by atoms with Crippen molar-refractivity contribution in [3.63, 3.8) is 0 Å². The van der Waals surface area contributed by atoms with Crippen LogP contribution in [0, 0.1) is 0 Å². The molecule has 1 atom stereocenters. The van der Waals surface area contributed by atoms with Crippen LogP contribution in [-0.2, 0) is 15.6 Å². The molecule has 1 unspecified atom stereocenters. The van der Waals surface area contributed by atoms with Crippen LogP contribution in [0.5, 0.6) is 5.75 Å². The second-order valence-electron chi connectivity index (χ2n) is 5.47. The number of ether oxygens (including phenoxy) is 1. The lowest BCUT2D eigenvalue weighted by Crippen LogP contribution is -2.41. The Morgan fingerprint density at radius 1 is 1.35 bits per heavy atom. The molecule has 0 aliphatic carbocycles. The Bertz CT molecular complexity index is 935. The van der Waals surface area contributed by atoms with Gasteiger partial charge in [-0.05, 0) is 47.2 Å². The molecule has 2 N–H and O–H groups in total. The number of rotatable bonds is 7. The predicted molar refractivity (Wildman–Crippen MR) is 99.2 cm³/mol. The van der Waals surface area contributed by atoms with Crippen LogP contribution in [0.3, 0.4) is 0 Å². The van der Waals surface area contributed by atoms with Gasteiger partial charge in [0.1, 0.15) is 11.5 Å². The van der Waals surface area contributed by atoms with Crippen molar-refractivity contribution in [2.75, 3.05) is 13.7 Å². The van der Waals surface area contributed by atoms with Crippen molar-refractivity contribution in [1.82, 2.24) is 4.72 Å². The van der Waals surface area contributed by atoms with Crippen molar-refractivity contribution < 1.29 is 22.7 Å². The highest BCUT2D eigenvalue weighted by molar-refractivity contribution is 7.89. The summed E-state index contributed by atoms with van der Waals surface area (Å²) in [7, 11) is -2.47. The largest absolute Gasteiger partial charge is 0.495 e. The Hall–Kier alpha value is -1.84. The Morgan fingerprint density at radius 2 is 2.15 bits per heavy atom. The maximum Gasteiger partial charge on any atom is 0.240 e. The number of nitrogens with one attached hydrogen (secondary N) is 1. The first-order valence-electron chi connectivity index (χ1n) is 7.49. The summed E-state index contributed by atoms with van der Waals surface area (Å²) in [5.74, 6) is 0.613. The first-order valence-corrected chi connectivity index (χ1v) is 10.3. The zero-order chi connectivity index (χ0) is 18.8. The number of thiophene rings is 1. The average Bonchev–Trinajstić information content (AvgIpc) is 3.33. The number of hydrogen-bond donors (Lipinski definition) is 2. The highest BCUT2D eigenvalue weighted by Gasteiger charge is 2.36. The SMILES string of the molecule is COc1ccc(S(=O)(=O)NCC(O)(c2ccsc2)c2ccco2)cc1Cl. The minimum absolute atomic E-state index is 0.0320. The molecule has 3 aromatic rings. The number of methoxy groups -OCH3 is 1. The second-order valence-corrected chi connectivity index (χ2v) is 8.42. The Balaban J connectivity index is 1.88. The molecule has 0 bridgehead atoms. The van der Waals surface area contributed by atoms with Crippen LogP contribution >= 0.6 is 22.9 Å². The van der Waals surface area contributed by atoms with Crippen LogP contribution in [0.2, 0.25) is 5.02 Å². The van der Waals surface area contributed by atoms with Gasteiger partial charge in [0.2, 0.25) is 10.0 Å². The smallest absolute Gasteiger partial charge is 0.240 e. The third-order valence-corrected chi connectivity index (χ3v) is 6.26. The van der Waals surface area contributed by atoms with Gasteiger partial charge in [-0.25, -0.2) is 13.1 Å². The van der Waals surface area contributed by atoms with E-state index in [2.05, 4.69) is 4.72 Å². The molecule has 6 nitrogen and oxygen atoms in total. The summed E-state index contributed by atoms with van der Waals surface area (Å²) < 4.78 is 38.0. The average molecular weight is 414 g/mol. The molecule has 0 amide bonds. The topological polar surface area (TPSA) is 88.8 Å². The van der Waals surface area contributed by atoms with Gasteiger partial charge in [0.15, 0.2) is 5.60 Å². The molecule has 3 rings (SSSR count). The zero-order valence-electron chi connectivity index (χ0n) is 13.7. The van der Waals surface area contributed by atoms with Crippen molar-refractivity contribution in [2.24, 2.45) is 0 Å². The van der Waals surface area contributed by atoms with Crippen LogP contribution in [-0.4, -0.2) is 27.2 Å². The van der Waals surface area contributed by atoms with Gasteiger partial charge in [0.25, 0.3) is 0 Å². The third kappa shape index (κ3) is 3.65. The van der Waals surface area contributed by atoms with Crippen molar-refractivity contribution >= 4 is 33.0 Å². The summed E-state index contributed by atoms with van der Waals surface area (Å²) in [6, 6.07) is 9.07. The molecule has 0 radical (unpaired) electrons. The number of hydrogen-bond acceptors (Lipinski definition) is 6. The van der Waals surface area contributed by atoms with Gasteiger partial charge in [0.05, 0.1) is 29.8 Å². The van der Waals surface area contributed by atoms with Gasteiger partial charge < -0.3 is 14.3 Å². The summed E-state index contributed by atoms with van der Waals surface area (Å²) in [4.78, 5) is -0.0320. The van der Waals surface area contributed by atoms with E-state index in [1.54, 1.807) is 29.0 Å². The molecule has 0 aliphatic rings. The van der Waals surface area contributed by atoms with Gasteiger partial charge in [-0.1, -0.05) is 11.6 Å². The van der Waals surface area contributed by atoms with E-state index in [4.69, 9.17) is 20.8 Å². The van der Waals surface area contributed by atoms with Crippen LogP contribution < -0.4 is 9.46 Å². The molecule has 1 aromatic carbocycles. The maximum atomic E-state index is 12.6. The first-order chi connectivity index (χ1) is 12.4. The summed E-state index contributed by atoms with van der Waals surface area (Å²) in [6.07, 6.45) is 1.42. The lowest BCUT2D eigenvalue weighted by molar-refractivity contribution is 0.0623. The van der Waals surface area contributed by atoms with E-state index in [1.807, 2.05) is 0 Å². The molecule has 9 heteroatoms. The minimum atomic E-state index is -3.91. The van der Waals surface area contributed by atoms with Crippen molar-refractivity contribution in [3.05, 3.63) is 69.8 Å². The van der Waals surface area contributed by atoms with E-state index in [0.29, 0.717) is 11.3 Å². The zero-order valence-corrected chi connectivity index (χ0v) is 16.1. The van der Waals surface area contributed by atoms with Gasteiger partial charge >= 0.3 is 0 Å². The maximum absolute atomic E-state index is 12.6. The number of sulfonamides is 1. The van der Waals surface area contributed by atoms with E-state index in [9.17, 15) is 13.5 Å². The van der Waals surface area contributed by atoms with Crippen molar-refractivity contribution in [2.45, 2.75) is 10.5 Å². The van der Waals surface area contributed by atoms with Gasteiger partial charge in [-0.3, -0.25) is 0 Å². The molecule has 138 valence electrons. The molecule has 0 saturated carbocycles. The Labute approximate surface area is 160 Å². The van der Waals surface area contributed by atoms with E-state index in [-0.39, 0.29) is 22.2 Å². The minimum Gasteiger partial charge on any atom is -0.495 e. The van der Waals surface area contributed by atoms with Gasteiger partial charge in [-0.2, -0.15) is 11.3 Å². The second kappa shape index (κ2) is 7.42. The molecule has 2 aromatic heterocycles. The fourth-order valence-corrected chi connectivity index (χ4v) is 4.57. The fraction of sp³-hybridized carbons (Fsp3) is 0.176. The van der Waals surface area contributed by atoms with Crippen molar-refractivity contribution in [1.29, 1.82) is 0 Å². The standard InChI is InChI=1S/C17H16ClNO5S2/c1-23-15-5-4-13(9-14(15)18)26(21,22)19-11-17(20,12-6-8-25-10-12)16-3-2-7-24-16/h2-10,19-20H,11H2,1H3. The molecule has 2 heterocycles. The lowest BCUT2D eigenvalue weighted by Gasteiger charge is -2.25. The number of aliphatic hydroxyl groups is 1. The summed E-state index contributed by atoms with van der Waals surface area (Å²) in [5.41, 5.74) is -1.10. The first kappa shape index (κ1) is 18.9. The van der Waals surface area contributed by atoms with E-state index >= 15 is 0 Å². The molecule has 0 fully saturated rings. The quantitative estimate of drug-likeness (QED) is 0.620. The molecule has 0 aliphatic heterocycles. The summed E-state index contributed by atoms with van der Waals surface area (Å²) in [5, 5.41) is 14.8. The van der Waals surface area contributed by atoms with Crippen molar-refractivity contribution in [3.8, 4) is 5.75 Å². The summed E-state index contributed by atoms with van der Waals surface area (Å²) in [6.45, 7) is -0.302. The van der Waals surface area contributed by atoms with Crippen LogP contribution in [0.25, 0.3) is 0 Å². The third-order valence-electron chi connectivity index (χ3n) is 3.88. The monoisotopic (exact) mass is 413 g/mol. The van der Waals surface area contributed by atoms with E-state index in [0.717, 1.165) is 0 Å². The van der Waals surface area contributed by atoms with Crippen LogP contribution in [0.4, 0.5) is 0 Å². The molecule has 26 heavy (non-hydrogen) atoms. The van der Waals surface area contributed by atoms with Crippen LogP contribution in [0.1, 0.15) is 11.3 Å². The van der Waals surface area contributed by atoms with Gasteiger partial charge in [0, 0.05) is 5.56 Å². The van der Waals surface area contributed by atoms with Gasteiger partial charge in [-0.15, -0.1) is 0 Å². The highest BCUT2D eigenvalue weighted by atomic mass is 35.5. The lowest BCUT2D eigenvalue weighted by atomic mass is 9.94. The Kier molecular flexibility index (Phi) is 5.40. The fourth-order valence-electron chi connectivity index (χ4n) is 2.44. The molecular formula is C17H16ClNO5S2. The van der Waals surface area contributed by atoms with E-state index in [1.165, 1.54) is 42.9 Å². The Morgan fingerprint density at radius 3 is 2.73 bits per heavy atom. The highest BCUT2D eigenvalue weighted by Crippen LogP contribution is 2.32. The van der Waals surface area contributed by atoms with E-state index < -0.39 is 15.6 Å². The number of benzene rings is 1. The number of halogens is 1. The molecular weight excluding hydrogens is 398 g/mol.